The quantitative estimate of drug-likeness (QED) is 0.362. The van der Waals surface area contributed by atoms with E-state index < -0.39 is 17.5 Å². The maximum atomic E-state index is 13.1. The lowest BCUT2D eigenvalue weighted by Gasteiger charge is -2.27. The molecule has 0 aliphatic heterocycles. The minimum atomic E-state index is -2.63. The van der Waals surface area contributed by atoms with E-state index in [9.17, 15) is 14.7 Å². The Hall–Kier alpha value is -3.64. The van der Waals surface area contributed by atoms with E-state index in [1.807, 2.05) is 66.7 Å². The van der Waals surface area contributed by atoms with Gasteiger partial charge in [0.2, 0.25) is 0 Å². The van der Waals surface area contributed by atoms with Crippen LogP contribution in [0.25, 0.3) is 27.4 Å². The van der Waals surface area contributed by atoms with Crippen LogP contribution in [0.2, 0.25) is 0 Å². The minimum Gasteiger partial charge on any atom is -0.463 e. The average Bonchev–Trinajstić information content (AvgIpc) is 3.11. The fourth-order valence-corrected chi connectivity index (χ4v) is 4.24. The molecule has 1 aromatic heterocycles. The Morgan fingerprint density at radius 3 is 2.06 bits per heavy atom. The molecule has 0 saturated carbocycles. The van der Waals surface area contributed by atoms with Crippen LogP contribution in [-0.4, -0.2) is 34.8 Å². The van der Waals surface area contributed by atoms with Crippen molar-refractivity contribution in [3.8, 4) is 5.69 Å². The summed E-state index contributed by atoms with van der Waals surface area (Å²) in [6.07, 6.45) is 0. The zero-order chi connectivity index (χ0) is 22.9. The fraction of sp³-hybridized carbons (Fsp3) is 0.231. The highest BCUT2D eigenvalue weighted by Crippen LogP contribution is 2.39. The molecule has 4 rings (SSSR count). The van der Waals surface area contributed by atoms with Gasteiger partial charge >= 0.3 is 17.5 Å². The Kier molecular flexibility index (Phi) is 5.72. The molecule has 0 saturated heterocycles. The minimum absolute atomic E-state index is 0.00803. The molecule has 6 heteroatoms. The largest absolute Gasteiger partial charge is 0.463 e. The molecule has 0 fully saturated rings. The highest BCUT2D eigenvalue weighted by Gasteiger charge is 2.53. The number of carbonyl (C=O) groups excluding carboxylic acids is 2. The third kappa shape index (κ3) is 3.24. The number of aryl methyl sites for hydroxylation is 1. The van der Waals surface area contributed by atoms with Crippen molar-refractivity contribution < 1.29 is 24.2 Å². The molecule has 3 aromatic carbocycles. The number of carbonyl (C=O) groups is 2. The predicted octanol–water partition coefficient (Wildman–Crippen LogP) is 4.41. The van der Waals surface area contributed by atoms with Gasteiger partial charge in [-0.3, -0.25) is 0 Å². The summed E-state index contributed by atoms with van der Waals surface area (Å²) in [5, 5.41) is 14.4. The van der Waals surface area contributed by atoms with Gasteiger partial charge in [0.25, 0.3) is 0 Å². The van der Waals surface area contributed by atoms with Crippen LogP contribution < -0.4 is 0 Å². The van der Waals surface area contributed by atoms with E-state index in [1.54, 1.807) is 25.3 Å². The summed E-state index contributed by atoms with van der Waals surface area (Å²) in [6, 6.07) is 21.1. The van der Waals surface area contributed by atoms with Crippen molar-refractivity contribution in [2.75, 3.05) is 13.2 Å². The summed E-state index contributed by atoms with van der Waals surface area (Å²) < 4.78 is 12.1. The summed E-state index contributed by atoms with van der Waals surface area (Å²) in [7, 11) is 0. The van der Waals surface area contributed by atoms with Gasteiger partial charge in [-0.05, 0) is 43.9 Å². The second-order valence-corrected chi connectivity index (χ2v) is 7.48. The van der Waals surface area contributed by atoms with Gasteiger partial charge < -0.3 is 19.1 Å². The molecule has 0 unspecified atom stereocenters. The summed E-state index contributed by atoms with van der Waals surface area (Å²) in [6.45, 7) is 5.04. The second-order valence-electron chi connectivity index (χ2n) is 7.48. The average molecular weight is 431 g/mol. The van der Waals surface area contributed by atoms with Gasteiger partial charge in [-0.15, -0.1) is 0 Å². The number of aromatic nitrogens is 1. The third-order valence-electron chi connectivity index (χ3n) is 5.62. The lowest BCUT2D eigenvalue weighted by atomic mass is 9.95. The highest BCUT2D eigenvalue weighted by atomic mass is 16.6. The maximum absolute atomic E-state index is 13.1. The number of hydrogen-bond donors (Lipinski definition) is 1. The number of nitrogens with zero attached hydrogens (tertiary/aromatic N) is 1. The molecule has 0 aliphatic rings. The molecular formula is C26H25NO5. The van der Waals surface area contributed by atoms with Gasteiger partial charge in [0.1, 0.15) is 0 Å². The Balaban J connectivity index is 2.15. The Morgan fingerprint density at radius 2 is 1.41 bits per heavy atom. The van der Waals surface area contributed by atoms with Crippen molar-refractivity contribution in [2.45, 2.75) is 26.4 Å². The highest BCUT2D eigenvalue weighted by molar-refractivity contribution is 6.07. The van der Waals surface area contributed by atoms with E-state index in [1.165, 1.54) is 0 Å². The first-order valence-corrected chi connectivity index (χ1v) is 10.6. The lowest BCUT2D eigenvalue weighted by Crippen LogP contribution is -2.48. The molecule has 0 bridgehead atoms. The molecule has 1 heterocycles. The molecule has 4 aromatic rings. The zero-order valence-corrected chi connectivity index (χ0v) is 18.3. The van der Waals surface area contributed by atoms with Crippen molar-refractivity contribution >= 4 is 33.6 Å². The summed E-state index contributed by atoms with van der Waals surface area (Å²) in [4.78, 5) is 26.1. The van der Waals surface area contributed by atoms with Gasteiger partial charge in [-0.1, -0.05) is 54.6 Å². The van der Waals surface area contributed by atoms with Crippen LogP contribution >= 0.6 is 0 Å². The van der Waals surface area contributed by atoms with Crippen LogP contribution in [-0.2, 0) is 24.7 Å². The van der Waals surface area contributed by atoms with Crippen LogP contribution in [0, 0.1) is 6.92 Å². The van der Waals surface area contributed by atoms with E-state index in [0.29, 0.717) is 5.56 Å². The molecule has 0 spiro atoms. The van der Waals surface area contributed by atoms with Gasteiger partial charge in [0.15, 0.2) is 0 Å². The first-order valence-electron chi connectivity index (χ1n) is 10.6. The topological polar surface area (TPSA) is 77.8 Å². The molecule has 1 N–H and O–H groups in total. The Bertz CT molecular complexity index is 1300. The van der Waals surface area contributed by atoms with Crippen LogP contribution in [0.4, 0.5) is 0 Å². The van der Waals surface area contributed by atoms with Crippen molar-refractivity contribution in [1.29, 1.82) is 0 Å². The van der Waals surface area contributed by atoms with Crippen LogP contribution in [0.1, 0.15) is 25.1 Å². The Labute approximate surface area is 186 Å². The molecule has 0 atom stereocenters. The second kappa shape index (κ2) is 8.48. The van der Waals surface area contributed by atoms with E-state index in [2.05, 4.69) is 0 Å². The van der Waals surface area contributed by atoms with Gasteiger partial charge in [-0.2, -0.15) is 0 Å². The standard InChI is InChI=1S/C26H25NO5/c1-4-31-24(28)26(30,25(29)32-5-2)23-17(3)19-13-8-9-15-21(19)27(23)22-16-10-12-18-11-6-7-14-20(18)22/h6-16,30H,4-5H2,1-3H3. The summed E-state index contributed by atoms with van der Waals surface area (Å²) in [5.74, 6) is -2.13. The molecular weight excluding hydrogens is 406 g/mol. The molecule has 0 amide bonds. The first kappa shape index (κ1) is 21.6. The molecule has 6 nitrogen and oxygen atoms in total. The molecule has 0 aliphatic carbocycles. The first-order chi connectivity index (χ1) is 15.4. The lowest BCUT2D eigenvalue weighted by molar-refractivity contribution is -0.185. The summed E-state index contributed by atoms with van der Waals surface area (Å²) in [5.41, 5.74) is -0.437. The van der Waals surface area contributed by atoms with Crippen LogP contribution in [0.15, 0.2) is 66.7 Å². The summed E-state index contributed by atoms with van der Waals surface area (Å²) >= 11 is 0. The smallest absolute Gasteiger partial charge is 0.356 e. The number of hydrogen-bond acceptors (Lipinski definition) is 5. The van der Waals surface area contributed by atoms with Crippen molar-refractivity contribution in [3.63, 3.8) is 0 Å². The van der Waals surface area contributed by atoms with E-state index in [4.69, 9.17) is 9.47 Å². The number of benzene rings is 3. The number of esters is 2. The van der Waals surface area contributed by atoms with Crippen molar-refractivity contribution in [3.05, 3.63) is 78.0 Å². The predicted molar refractivity (Wildman–Crippen MR) is 123 cm³/mol. The molecule has 164 valence electrons. The Morgan fingerprint density at radius 1 is 0.844 bits per heavy atom. The number of rotatable bonds is 6. The number of ether oxygens (including phenoxy) is 2. The zero-order valence-electron chi connectivity index (χ0n) is 18.3. The van der Waals surface area contributed by atoms with Gasteiger partial charge in [-0.25, -0.2) is 9.59 Å². The van der Waals surface area contributed by atoms with Crippen LogP contribution in [0.5, 0.6) is 0 Å². The molecule has 32 heavy (non-hydrogen) atoms. The normalized spacial score (nSPS) is 11.6. The number of fused-ring (bicyclic) bond motifs is 2. The number of aliphatic hydroxyl groups is 1. The van der Waals surface area contributed by atoms with Gasteiger partial charge in [0, 0.05) is 10.8 Å². The van der Waals surface area contributed by atoms with E-state index >= 15 is 0 Å². The van der Waals surface area contributed by atoms with Crippen molar-refractivity contribution in [2.24, 2.45) is 0 Å². The fourth-order valence-electron chi connectivity index (χ4n) is 4.24. The monoisotopic (exact) mass is 431 g/mol. The van der Waals surface area contributed by atoms with Gasteiger partial charge in [0.05, 0.1) is 30.1 Å². The third-order valence-corrected chi connectivity index (χ3v) is 5.62. The van der Waals surface area contributed by atoms with Crippen LogP contribution in [0.3, 0.4) is 0 Å². The van der Waals surface area contributed by atoms with E-state index in [0.717, 1.165) is 27.4 Å². The number of para-hydroxylation sites is 1. The van der Waals surface area contributed by atoms with Crippen molar-refractivity contribution in [1.82, 2.24) is 4.57 Å². The van der Waals surface area contributed by atoms with E-state index in [-0.39, 0.29) is 18.9 Å². The maximum Gasteiger partial charge on any atom is 0.356 e. The SMILES string of the molecule is CCOC(=O)C(O)(C(=O)OCC)c1c(C)c2ccccc2n1-c1cccc2ccccc12. The molecule has 0 radical (unpaired) electrons.